The summed E-state index contributed by atoms with van der Waals surface area (Å²) in [5.74, 6) is -0.618. The van der Waals surface area contributed by atoms with Crippen molar-refractivity contribution in [3.63, 3.8) is 0 Å². The first-order valence-electron chi connectivity index (χ1n) is 10.2. The third-order valence-electron chi connectivity index (χ3n) is 5.46. The van der Waals surface area contributed by atoms with E-state index in [1.54, 1.807) is 12.1 Å². The maximum absolute atomic E-state index is 13.0. The van der Waals surface area contributed by atoms with Crippen LogP contribution in [0.4, 0.5) is 11.4 Å². The van der Waals surface area contributed by atoms with E-state index in [-0.39, 0.29) is 24.2 Å². The standard InChI is InChI=1S/C23H26N2O6/c1-15(2)17-8-11-20(24-12-4-5-21(24)23(27)30-3)19(13-17)22(26)31-14-16-6-9-18(10-7-16)25(28)29/h6-11,13,15,21H,4-5,12,14H2,1-3H3/t21-/m0/s1. The maximum atomic E-state index is 13.0. The second kappa shape index (κ2) is 9.59. The van der Waals surface area contributed by atoms with Crippen LogP contribution in [0.25, 0.3) is 0 Å². The van der Waals surface area contributed by atoms with Gasteiger partial charge in [-0.15, -0.1) is 0 Å². The highest BCUT2D eigenvalue weighted by Gasteiger charge is 2.34. The highest BCUT2D eigenvalue weighted by Crippen LogP contribution is 2.32. The number of non-ortho nitro benzene ring substituents is 1. The van der Waals surface area contributed by atoms with Crippen molar-refractivity contribution < 1.29 is 24.0 Å². The van der Waals surface area contributed by atoms with Crippen molar-refractivity contribution in [1.29, 1.82) is 0 Å². The zero-order valence-electron chi connectivity index (χ0n) is 17.9. The minimum Gasteiger partial charge on any atom is -0.467 e. The highest BCUT2D eigenvalue weighted by atomic mass is 16.6. The van der Waals surface area contributed by atoms with Gasteiger partial charge in [0.2, 0.25) is 0 Å². The first kappa shape index (κ1) is 22.3. The molecule has 2 aromatic carbocycles. The fourth-order valence-corrected chi connectivity index (χ4v) is 3.70. The van der Waals surface area contributed by atoms with Gasteiger partial charge < -0.3 is 14.4 Å². The summed E-state index contributed by atoms with van der Waals surface area (Å²) in [6, 6.07) is 11.1. The molecule has 0 N–H and O–H groups in total. The number of anilines is 1. The van der Waals surface area contributed by atoms with E-state index in [9.17, 15) is 19.7 Å². The Hall–Kier alpha value is -3.42. The van der Waals surface area contributed by atoms with Crippen LogP contribution < -0.4 is 4.90 Å². The molecule has 2 aromatic rings. The molecule has 8 heteroatoms. The molecule has 0 radical (unpaired) electrons. The zero-order chi connectivity index (χ0) is 22.5. The smallest absolute Gasteiger partial charge is 0.340 e. The fourth-order valence-electron chi connectivity index (χ4n) is 3.70. The van der Waals surface area contributed by atoms with Crippen molar-refractivity contribution in [2.75, 3.05) is 18.6 Å². The number of esters is 2. The van der Waals surface area contributed by atoms with Gasteiger partial charge in [0.25, 0.3) is 5.69 Å². The Labute approximate surface area is 180 Å². The van der Waals surface area contributed by atoms with Crippen LogP contribution in [0.2, 0.25) is 0 Å². The van der Waals surface area contributed by atoms with Crippen molar-refractivity contribution in [3.8, 4) is 0 Å². The zero-order valence-corrected chi connectivity index (χ0v) is 17.9. The van der Waals surface area contributed by atoms with Gasteiger partial charge in [-0.25, -0.2) is 9.59 Å². The average molecular weight is 426 g/mol. The van der Waals surface area contributed by atoms with Gasteiger partial charge in [-0.05, 0) is 54.2 Å². The predicted molar refractivity (Wildman–Crippen MR) is 115 cm³/mol. The van der Waals surface area contributed by atoms with Crippen LogP contribution in [0.15, 0.2) is 42.5 Å². The molecule has 164 valence electrons. The summed E-state index contributed by atoms with van der Waals surface area (Å²) in [5.41, 5.74) is 2.65. The Balaban J connectivity index is 1.85. The van der Waals surface area contributed by atoms with Crippen molar-refractivity contribution >= 4 is 23.3 Å². The number of methoxy groups -OCH3 is 1. The first-order valence-corrected chi connectivity index (χ1v) is 10.2. The molecule has 8 nitrogen and oxygen atoms in total. The third-order valence-corrected chi connectivity index (χ3v) is 5.46. The molecule has 1 fully saturated rings. The number of nitro groups is 1. The van der Waals surface area contributed by atoms with Gasteiger partial charge in [0.05, 0.1) is 23.3 Å². The minimum absolute atomic E-state index is 0.0113. The molecule has 0 aliphatic carbocycles. The van der Waals surface area contributed by atoms with Gasteiger partial charge in [0, 0.05) is 18.7 Å². The lowest BCUT2D eigenvalue weighted by atomic mass is 9.99. The molecule has 0 bridgehead atoms. The molecule has 0 amide bonds. The second-order valence-corrected chi connectivity index (χ2v) is 7.81. The van der Waals surface area contributed by atoms with Crippen LogP contribution in [0.1, 0.15) is 54.1 Å². The van der Waals surface area contributed by atoms with E-state index in [0.717, 1.165) is 12.0 Å². The number of nitro benzene ring substituents is 1. The Kier molecular flexibility index (Phi) is 6.89. The molecule has 1 aliphatic heterocycles. The molecule has 0 unspecified atom stereocenters. The van der Waals surface area contributed by atoms with Crippen LogP contribution in [0, 0.1) is 10.1 Å². The van der Waals surface area contributed by atoms with E-state index in [1.165, 1.54) is 19.2 Å². The number of carbonyl (C=O) groups excluding carboxylic acids is 2. The molecule has 0 spiro atoms. The lowest BCUT2D eigenvalue weighted by molar-refractivity contribution is -0.384. The van der Waals surface area contributed by atoms with Gasteiger partial charge in [-0.2, -0.15) is 0 Å². The molecule has 1 aliphatic rings. The number of hydrogen-bond donors (Lipinski definition) is 0. The number of nitrogens with zero attached hydrogens (tertiary/aromatic N) is 2. The first-order chi connectivity index (χ1) is 14.8. The summed E-state index contributed by atoms with van der Waals surface area (Å²) in [7, 11) is 1.36. The lowest BCUT2D eigenvalue weighted by Gasteiger charge is -2.27. The molecule has 1 atom stereocenters. The van der Waals surface area contributed by atoms with Crippen LogP contribution in [0.3, 0.4) is 0 Å². The van der Waals surface area contributed by atoms with Crippen LogP contribution >= 0.6 is 0 Å². The third kappa shape index (κ3) is 5.02. The van der Waals surface area contributed by atoms with E-state index < -0.39 is 16.9 Å². The molecule has 3 rings (SSSR count). The number of hydrogen-bond acceptors (Lipinski definition) is 7. The molecule has 1 heterocycles. The predicted octanol–water partition coefficient (Wildman–Crippen LogP) is 4.22. The number of benzene rings is 2. The Morgan fingerprint density at radius 1 is 1.19 bits per heavy atom. The van der Waals surface area contributed by atoms with Crippen LogP contribution in [0.5, 0.6) is 0 Å². The molecule has 31 heavy (non-hydrogen) atoms. The molecule has 1 saturated heterocycles. The normalized spacial score (nSPS) is 15.7. The van der Waals surface area contributed by atoms with Crippen molar-refractivity contribution in [2.24, 2.45) is 0 Å². The van der Waals surface area contributed by atoms with E-state index in [0.29, 0.717) is 29.8 Å². The van der Waals surface area contributed by atoms with Crippen molar-refractivity contribution in [1.82, 2.24) is 0 Å². The Morgan fingerprint density at radius 2 is 1.90 bits per heavy atom. The molecule has 0 aromatic heterocycles. The van der Waals surface area contributed by atoms with E-state index in [1.807, 2.05) is 36.9 Å². The monoisotopic (exact) mass is 426 g/mol. The summed E-state index contributed by atoms with van der Waals surface area (Å²) >= 11 is 0. The molecular weight excluding hydrogens is 400 g/mol. The summed E-state index contributed by atoms with van der Waals surface area (Å²) in [6.07, 6.45) is 1.48. The number of rotatable bonds is 7. The van der Waals surface area contributed by atoms with E-state index >= 15 is 0 Å². The summed E-state index contributed by atoms with van der Waals surface area (Å²) in [6.45, 7) is 4.70. The van der Waals surface area contributed by atoms with Gasteiger partial charge in [0.15, 0.2) is 0 Å². The average Bonchev–Trinajstić information content (AvgIpc) is 3.26. The highest BCUT2D eigenvalue weighted by molar-refractivity contribution is 5.97. The number of carbonyl (C=O) groups is 2. The number of ether oxygens (including phenoxy) is 2. The Bertz CT molecular complexity index is 971. The summed E-state index contributed by atoms with van der Waals surface area (Å²) in [5, 5.41) is 10.8. The van der Waals surface area contributed by atoms with E-state index in [2.05, 4.69) is 0 Å². The van der Waals surface area contributed by atoms with Crippen LogP contribution in [-0.2, 0) is 20.9 Å². The topological polar surface area (TPSA) is 99.0 Å². The van der Waals surface area contributed by atoms with Crippen molar-refractivity contribution in [2.45, 2.75) is 45.3 Å². The quantitative estimate of drug-likeness (QED) is 0.371. The van der Waals surface area contributed by atoms with Gasteiger partial charge in [-0.3, -0.25) is 10.1 Å². The largest absolute Gasteiger partial charge is 0.467 e. The lowest BCUT2D eigenvalue weighted by Crippen LogP contribution is -2.37. The van der Waals surface area contributed by atoms with Crippen LogP contribution in [-0.4, -0.2) is 36.6 Å². The summed E-state index contributed by atoms with van der Waals surface area (Å²) in [4.78, 5) is 37.4. The second-order valence-electron chi connectivity index (χ2n) is 7.81. The van der Waals surface area contributed by atoms with Gasteiger partial charge in [-0.1, -0.05) is 19.9 Å². The van der Waals surface area contributed by atoms with Crippen molar-refractivity contribution in [3.05, 3.63) is 69.3 Å². The maximum Gasteiger partial charge on any atom is 0.340 e. The van der Waals surface area contributed by atoms with E-state index in [4.69, 9.17) is 9.47 Å². The van der Waals surface area contributed by atoms with Gasteiger partial charge in [0.1, 0.15) is 12.6 Å². The van der Waals surface area contributed by atoms with Gasteiger partial charge >= 0.3 is 11.9 Å². The molecular formula is C23H26N2O6. The Morgan fingerprint density at radius 3 is 2.52 bits per heavy atom. The SMILES string of the molecule is COC(=O)[C@@H]1CCCN1c1ccc(C(C)C)cc1C(=O)OCc1ccc([N+](=O)[O-])cc1. The summed E-state index contributed by atoms with van der Waals surface area (Å²) < 4.78 is 10.5. The molecule has 0 saturated carbocycles. The minimum atomic E-state index is -0.508. The fraction of sp³-hybridized carbons (Fsp3) is 0.391.